The molecule has 0 radical (unpaired) electrons. The number of benzene rings is 3. The molecule has 0 fully saturated rings. The van der Waals surface area contributed by atoms with Crippen LogP contribution in [0.25, 0.3) is 10.9 Å². The first kappa shape index (κ1) is 26.1. The fraction of sp³-hybridized carbons (Fsp3) is 0.222. The van der Waals surface area contributed by atoms with Gasteiger partial charge in [0, 0.05) is 20.6 Å². The second kappa shape index (κ2) is 10.9. The molecule has 0 aliphatic rings. The fourth-order valence-electron chi connectivity index (χ4n) is 4.13. The van der Waals surface area contributed by atoms with E-state index in [1.54, 1.807) is 0 Å². The molecular weight excluding hydrogens is 492 g/mol. The minimum atomic E-state index is -4.19. The Hall–Kier alpha value is -4.02. The van der Waals surface area contributed by atoms with E-state index in [9.17, 15) is 22.8 Å². The average Bonchev–Trinajstić information content (AvgIpc) is 2.91. The van der Waals surface area contributed by atoms with Gasteiger partial charge in [-0.25, -0.2) is 13.2 Å². The first-order valence-electron chi connectivity index (χ1n) is 11.7. The van der Waals surface area contributed by atoms with Crippen molar-refractivity contribution in [3.63, 3.8) is 0 Å². The summed E-state index contributed by atoms with van der Waals surface area (Å²) in [6, 6.07) is 21.6. The summed E-state index contributed by atoms with van der Waals surface area (Å²) < 4.78 is 31.4. The van der Waals surface area contributed by atoms with Crippen LogP contribution in [0.15, 0.2) is 93.3 Å². The number of rotatable bonds is 9. The van der Waals surface area contributed by atoms with Crippen molar-refractivity contribution in [2.75, 3.05) is 6.54 Å². The second-order valence-corrected chi connectivity index (χ2v) is 10.5. The molecule has 4 aromatic rings. The SMILES string of the molecule is Cn1c(=O)c2cc(S(=O)(=O)N[C@@H](Cc3ccccc3)C(=O)NCCc3ccccc3)ccc2n(C)c1=O. The van der Waals surface area contributed by atoms with E-state index in [0.717, 1.165) is 15.7 Å². The van der Waals surface area contributed by atoms with Gasteiger partial charge in [0.2, 0.25) is 15.9 Å². The molecule has 1 heterocycles. The molecule has 0 unspecified atom stereocenters. The Labute approximate surface area is 214 Å². The molecule has 0 aliphatic heterocycles. The van der Waals surface area contributed by atoms with Crippen molar-refractivity contribution in [1.82, 2.24) is 19.2 Å². The van der Waals surface area contributed by atoms with Crippen LogP contribution >= 0.6 is 0 Å². The number of fused-ring (bicyclic) bond motifs is 1. The van der Waals surface area contributed by atoms with E-state index < -0.39 is 33.2 Å². The molecule has 0 bridgehead atoms. The molecule has 4 rings (SSSR count). The van der Waals surface area contributed by atoms with E-state index in [1.165, 1.54) is 36.9 Å². The van der Waals surface area contributed by atoms with Gasteiger partial charge in [-0.3, -0.25) is 18.7 Å². The van der Waals surface area contributed by atoms with Crippen LogP contribution in [-0.4, -0.2) is 36.0 Å². The highest BCUT2D eigenvalue weighted by Gasteiger charge is 2.26. The Bertz CT molecular complexity index is 1650. The Balaban J connectivity index is 1.61. The molecule has 0 saturated heterocycles. The number of sulfonamides is 1. The zero-order valence-corrected chi connectivity index (χ0v) is 21.4. The third-order valence-electron chi connectivity index (χ3n) is 6.20. The van der Waals surface area contributed by atoms with Crippen molar-refractivity contribution >= 4 is 26.8 Å². The lowest BCUT2D eigenvalue weighted by Crippen LogP contribution is -2.48. The van der Waals surface area contributed by atoms with Gasteiger partial charge < -0.3 is 5.32 Å². The Morgan fingerprint density at radius 1 is 0.865 bits per heavy atom. The number of aromatic nitrogens is 2. The first-order valence-corrected chi connectivity index (χ1v) is 13.2. The van der Waals surface area contributed by atoms with Crippen molar-refractivity contribution < 1.29 is 13.2 Å². The first-order chi connectivity index (χ1) is 17.7. The summed E-state index contributed by atoms with van der Waals surface area (Å²) in [6.07, 6.45) is 0.741. The van der Waals surface area contributed by atoms with Gasteiger partial charge in [0.1, 0.15) is 6.04 Å². The molecule has 3 aromatic carbocycles. The number of amides is 1. The summed E-state index contributed by atoms with van der Waals surface area (Å²) in [4.78, 5) is 37.8. The van der Waals surface area contributed by atoms with Crippen LogP contribution in [0.5, 0.6) is 0 Å². The topological polar surface area (TPSA) is 119 Å². The van der Waals surface area contributed by atoms with Gasteiger partial charge in [-0.05, 0) is 42.2 Å². The van der Waals surface area contributed by atoms with Gasteiger partial charge in [-0.2, -0.15) is 4.72 Å². The van der Waals surface area contributed by atoms with Crippen LogP contribution in [0.2, 0.25) is 0 Å². The van der Waals surface area contributed by atoms with Crippen molar-refractivity contribution in [3.05, 3.63) is 111 Å². The highest BCUT2D eigenvalue weighted by Crippen LogP contribution is 2.16. The minimum Gasteiger partial charge on any atom is -0.354 e. The summed E-state index contributed by atoms with van der Waals surface area (Å²) in [6.45, 7) is 0.343. The minimum absolute atomic E-state index is 0.0828. The largest absolute Gasteiger partial charge is 0.354 e. The molecular formula is C27H28N4O5S. The van der Waals surface area contributed by atoms with Crippen molar-refractivity contribution in [2.45, 2.75) is 23.8 Å². The van der Waals surface area contributed by atoms with Crippen LogP contribution < -0.4 is 21.3 Å². The normalized spacial score (nSPS) is 12.4. The van der Waals surface area contributed by atoms with Crippen molar-refractivity contribution in [1.29, 1.82) is 0 Å². The standard InChI is InChI=1S/C27H28N4O5S/c1-30-24-14-13-21(18-22(24)26(33)31(2)27(30)34)37(35,36)29-23(17-20-11-7-4-8-12-20)25(32)28-16-15-19-9-5-3-6-10-19/h3-14,18,23,29H,15-17H2,1-2H3,(H,28,32)/t23-/m0/s1. The quantitative estimate of drug-likeness (QED) is 0.347. The summed E-state index contributed by atoms with van der Waals surface area (Å²) in [7, 11) is -1.35. The molecule has 1 amide bonds. The van der Waals surface area contributed by atoms with Gasteiger partial charge in [0.25, 0.3) is 5.56 Å². The predicted octanol–water partition coefficient (Wildman–Crippen LogP) is 1.49. The maximum absolute atomic E-state index is 13.4. The highest BCUT2D eigenvalue weighted by molar-refractivity contribution is 7.89. The summed E-state index contributed by atoms with van der Waals surface area (Å²) in [5, 5.41) is 2.91. The van der Waals surface area contributed by atoms with Crippen molar-refractivity contribution in [2.24, 2.45) is 14.1 Å². The van der Waals surface area contributed by atoms with Crippen LogP contribution in [0, 0.1) is 0 Å². The number of aryl methyl sites for hydroxylation is 1. The lowest BCUT2D eigenvalue weighted by atomic mass is 10.1. The van der Waals surface area contributed by atoms with Gasteiger partial charge in [-0.1, -0.05) is 60.7 Å². The van der Waals surface area contributed by atoms with Crippen LogP contribution in [0.4, 0.5) is 0 Å². The molecule has 2 N–H and O–H groups in total. The summed E-state index contributed by atoms with van der Waals surface area (Å²) in [5.74, 6) is -0.456. The maximum Gasteiger partial charge on any atom is 0.330 e. The Kier molecular flexibility index (Phi) is 7.70. The number of nitrogens with zero attached hydrogens (tertiary/aromatic N) is 2. The van der Waals surface area contributed by atoms with Crippen LogP contribution in [0.1, 0.15) is 11.1 Å². The van der Waals surface area contributed by atoms with Gasteiger partial charge in [0.15, 0.2) is 0 Å². The van der Waals surface area contributed by atoms with Gasteiger partial charge in [0.05, 0.1) is 15.8 Å². The number of nitrogens with one attached hydrogen (secondary N) is 2. The monoisotopic (exact) mass is 520 g/mol. The van der Waals surface area contributed by atoms with Crippen LogP contribution in [-0.2, 0) is 41.8 Å². The molecule has 0 saturated carbocycles. The smallest absolute Gasteiger partial charge is 0.330 e. The molecule has 1 atom stereocenters. The number of hydrogen-bond acceptors (Lipinski definition) is 5. The third kappa shape index (κ3) is 5.87. The fourth-order valence-corrected chi connectivity index (χ4v) is 5.35. The van der Waals surface area contributed by atoms with E-state index >= 15 is 0 Å². The number of carbonyl (C=O) groups is 1. The lowest BCUT2D eigenvalue weighted by Gasteiger charge is -2.19. The Morgan fingerprint density at radius 3 is 2.14 bits per heavy atom. The molecule has 10 heteroatoms. The third-order valence-corrected chi connectivity index (χ3v) is 7.67. The molecule has 1 aromatic heterocycles. The predicted molar refractivity (Wildman–Crippen MR) is 142 cm³/mol. The molecule has 37 heavy (non-hydrogen) atoms. The molecule has 9 nitrogen and oxygen atoms in total. The van der Waals surface area contributed by atoms with E-state index in [2.05, 4.69) is 10.0 Å². The molecule has 0 spiro atoms. The van der Waals surface area contributed by atoms with E-state index in [1.807, 2.05) is 60.7 Å². The zero-order chi connectivity index (χ0) is 26.6. The van der Waals surface area contributed by atoms with E-state index in [4.69, 9.17) is 0 Å². The lowest BCUT2D eigenvalue weighted by molar-refractivity contribution is -0.122. The summed E-state index contributed by atoms with van der Waals surface area (Å²) in [5.41, 5.74) is 1.04. The van der Waals surface area contributed by atoms with Crippen LogP contribution in [0.3, 0.4) is 0 Å². The second-order valence-electron chi connectivity index (χ2n) is 8.77. The maximum atomic E-state index is 13.4. The highest BCUT2D eigenvalue weighted by atomic mass is 32.2. The zero-order valence-electron chi connectivity index (χ0n) is 20.5. The summed E-state index contributed by atoms with van der Waals surface area (Å²) >= 11 is 0. The number of carbonyl (C=O) groups excluding carboxylic acids is 1. The van der Waals surface area contributed by atoms with Crippen molar-refractivity contribution in [3.8, 4) is 0 Å². The van der Waals surface area contributed by atoms with Gasteiger partial charge in [-0.15, -0.1) is 0 Å². The molecule has 192 valence electrons. The van der Waals surface area contributed by atoms with Gasteiger partial charge >= 0.3 is 5.69 Å². The average molecular weight is 521 g/mol. The van der Waals surface area contributed by atoms with E-state index in [0.29, 0.717) is 18.5 Å². The van der Waals surface area contributed by atoms with E-state index in [-0.39, 0.29) is 16.7 Å². The Morgan fingerprint density at radius 2 is 1.49 bits per heavy atom. The number of hydrogen-bond donors (Lipinski definition) is 2. The molecule has 0 aliphatic carbocycles.